The van der Waals surface area contributed by atoms with Gasteiger partial charge in [-0.25, -0.2) is 4.79 Å². The number of hydrogen-bond acceptors (Lipinski definition) is 9. The van der Waals surface area contributed by atoms with Gasteiger partial charge in [0.25, 0.3) is 11.8 Å². The summed E-state index contributed by atoms with van der Waals surface area (Å²) in [5.74, 6) is -1.90. The van der Waals surface area contributed by atoms with Crippen molar-refractivity contribution in [1.82, 2.24) is 15.5 Å². The lowest BCUT2D eigenvalue weighted by Crippen LogP contribution is -2.44. The summed E-state index contributed by atoms with van der Waals surface area (Å²) in [6, 6.07) is -0.718. The zero-order valence-electron chi connectivity index (χ0n) is 23.3. The second-order valence-electron chi connectivity index (χ2n) is 10.3. The highest BCUT2D eigenvalue weighted by Crippen LogP contribution is 2.20. The number of nitrogens with two attached hydrogens (primary N) is 1. The number of carbonyl (C=O) groups is 5. The fourth-order valence-electron chi connectivity index (χ4n) is 3.68. The number of hydrogen-bond donors (Lipinski definition) is 3. The van der Waals surface area contributed by atoms with E-state index in [1.807, 2.05) is 13.8 Å². The van der Waals surface area contributed by atoms with Crippen molar-refractivity contribution in [2.24, 2.45) is 5.73 Å². The average Bonchev–Trinajstić information content (AvgIpc) is 3.15. The maximum absolute atomic E-state index is 12.5. The lowest BCUT2D eigenvalue weighted by molar-refractivity contribution is -0.146. The van der Waals surface area contributed by atoms with Gasteiger partial charge < -0.3 is 30.6 Å². The summed E-state index contributed by atoms with van der Waals surface area (Å²) in [5.41, 5.74) is 4.20. The minimum atomic E-state index is -0.764. The van der Waals surface area contributed by atoms with Gasteiger partial charge in [0.05, 0.1) is 37.9 Å². The summed E-state index contributed by atoms with van der Waals surface area (Å²) in [7, 11) is 1.29. The first-order valence-corrected chi connectivity index (χ1v) is 13.0. The van der Waals surface area contributed by atoms with Crippen LogP contribution in [-0.2, 0) is 38.2 Å². The quantitative estimate of drug-likeness (QED) is 0.121. The minimum Gasteiger partial charge on any atom is -0.467 e. The van der Waals surface area contributed by atoms with Crippen LogP contribution in [0.3, 0.4) is 0 Å². The number of methoxy groups -OCH3 is 1. The Kier molecular flexibility index (Phi) is 14.2. The zero-order valence-corrected chi connectivity index (χ0v) is 23.3. The van der Waals surface area contributed by atoms with Crippen LogP contribution in [0.4, 0.5) is 0 Å². The van der Waals surface area contributed by atoms with E-state index in [0.29, 0.717) is 32.4 Å². The van der Waals surface area contributed by atoms with Crippen molar-refractivity contribution < 1.29 is 38.2 Å². The van der Waals surface area contributed by atoms with Gasteiger partial charge in [-0.1, -0.05) is 0 Å². The maximum atomic E-state index is 12.5. The van der Waals surface area contributed by atoms with Crippen LogP contribution < -0.4 is 16.4 Å². The van der Waals surface area contributed by atoms with Crippen LogP contribution in [0, 0.1) is 0 Å². The van der Waals surface area contributed by atoms with E-state index in [9.17, 15) is 24.0 Å². The molecule has 0 spiro atoms. The molecular weight excluding hydrogens is 496 g/mol. The topological polar surface area (TPSA) is 166 Å². The van der Waals surface area contributed by atoms with Crippen LogP contribution >= 0.6 is 0 Å². The van der Waals surface area contributed by atoms with Crippen LogP contribution in [0.2, 0.25) is 0 Å². The Bertz CT molecular complexity index is 838. The first kappa shape index (κ1) is 33.2. The van der Waals surface area contributed by atoms with Gasteiger partial charge in [0.15, 0.2) is 0 Å². The average molecular weight is 541 g/mol. The number of nitrogens with zero attached hydrogens (tertiary/aromatic N) is 1. The number of rotatable bonds is 19. The fourth-order valence-corrected chi connectivity index (χ4v) is 3.68. The molecule has 0 aromatic heterocycles. The Balaban J connectivity index is 2.31. The van der Waals surface area contributed by atoms with Gasteiger partial charge in [0.1, 0.15) is 6.04 Å². The second kappa shape index (κ2) is 16.2. The summed E-state index contributed by atoms with van der Waals surface area (Å²) in [6.45, 7) is 8.84. The van der Waals surface area contributed by atoms with Crippen molar-refractivity contribution in [3.8, 4) is 0 Å². The van der Waals surface area contributed by atoms with Crippen molar-refractivity contribution in [3.63, 3.8) is 0 Å². The number of unbranched alkanes of at least 4 members (excludes halogenated alkanes) is 1. The molecule has 1 aliphatic rings. The van der Waals surface area contributed by atoms with Crippen molar-refractivity contribution in [3.05, 3.63) is 12.2 Å². The standard InChI is InChI=1S/C26H44N4O8/c1-25(2,38-17-14-28-20(31)11-15-30-22(33)9-10-23(30)34)12-16-37-26(3,4)18-21(32)29-19(24(35)36-5)8-6-7-13-27/h9-10,19H,6-8,11-18,27H2,1-5H3,(H,28,31)(H,29,32). The molecule has 4 amide bonds. The van der Waals surface area contributed by atoms with Crippen LogP contribution in [-0.4, -0.2) is 91.7 Å². The number of amides is 4. The first-order valence-electron chi connectivity index (χ1n) is 13.0. The molecule has 1 rings (SSSR count). The third kappa shape index (κ3) is 13.1. The Hall–Kier alpha value is -2.83. The summed E-state index contributed by atoms with van der Waals surface area (Å²) >= 11 is 0. The largest absolute Gasteiger partial charge is 0.467 e. The molecule has 0 aliphatic carbocycles. The number of nitrogens with one attached hydrogen (secondary N) is 2. The first-order chi connectivity index (χ1) is 17.8. The van der Waals surface area contributed by atoms with Gasteiger partial charge in [-0.05, 0) is 59.9 Å². The molecule has 0 aromatic rings. The van der Waals surface area contributed by atoms with E-state index < -0.39 is 35.0 Å². The van der Waals surface area contributed by atoms with Gasteiger partial charge in [-0.3, -0.25) is 24.1 Å². The molecule has 0 radical (unpaired) electrons. The third-order valence-electron chi connectivity index (χ3n) is 5.93. The molecule has 0 bridgehead atoms. The Labute approximate surface area is 225 Å². The zero-order chi connectivity index (χ0) is 28.8. The van der Waals surface area contributed by atoms with Crippen molar-refractivity contribution in [2.45, 2.75) is 83.5 Å². The Morgan fingerprint density at radius 2 is 1.61 bits per heavy atom. The van der Waals surface area contributed by atoms with Crippen LogP contribution in [0.25, 0.3) is 0 Å². The predicted octanol–water partition coefficient (Wildman–Crippen LogP) is 0.575. The minimum absolute atomic E-state index is 0.0210. The van der Waals surface area contributed by atoms with Crippen LogP contribution in [0.15, 0.2) is 12.2 Å². The number of esters is 1. The lowest BCUT2D eigenvalue weighted by atomic mass is 10.0. The van der Waals surface area contributed by atoms with E-state index in [0.717, 1.165) is 11.3 Å². The molecule has 12 nitrogen and oxygen atoms in total. The lowest BCUT2D eigenvalue weighted by Gasteiger charge is -2.30. The Morgan fingerprint density at radius 3 is 2.21 bits per heavy atom. The van der Waals surface area contributed by atoms with Gasteiger partial charge >= 0.3 is 5.97 Å². The van der Waals surface area contributed by atoms with Crippen molar-refractivity contribution in [2.75, 3.05) is 40.0 Å². The molecule has 0 saturated carbocycles. The molecule has 1 unspecified atom stereocenters. The molecule has 1 heterocycles. The molecule has 216 valence electrons. The van der Waals surface area contributed by atoms with E-state index in [-0.39, 0.29) is 44.4 Å². The monoisotopic (exact) mass is 540 g/mol. The van der Waals surface area contributed by atoms with Gasteiger partial charge in [-0.2, -0.15) is 0 Å². The van der Waals surface area contributed by atoms with E-state index in [1.54, 1.807) is 13.8 Å². The second-order valence-corrected chi connectivity index (χ2v) is 10.3. The predicted molar refractivity (Wildman–Crippen MR) is 140 cm³/mol. The molecule has 1 aliphatic heterocycles. The summed E-state index contributed by atoms with van der Waals surface area (Å²) in [5, 5.41) is 5.44. The molecule has 0 saturated heterocycles. The maximum Gasteiger partial charge on any atom is 0.328 e. The van der Waals surface area contributed by atoms with Gasteiger partial charge in [0.2, 0.25) is 11.8 Å². The molecule has 0 fully saturated rings. The van der Waals surface area contributed by atoms with Crippen molar-refractivity contribution in [1.29, 1.82) is 0 Å². The molecule has 38 heavy (non-hydrogen) atoms. The highest BCUT2D eigenvalue weighted by atomic mass is 16.5. The molecule has 4 N–H and O–H groups in total. The molecule has 12 heteroatoms. The highest BCUT2D eigenvalue weighted by Gasteiger charge is 2.28. The van der Waals surface area contributed by atoms with E-state index in [4.69, 9.17) is 19.9 Å². The molecule has 0 aromatic carbocycles. The Morgan fingerprint density at radius 1 is 0.974 bits per heavy atom. The SMILES string of the molecule is COC(=O)C(CCCCN)NC(=O)CC(C)(C)OCCC(C)(C)OCCNC(=O)CCN1C(=O)C=CC1=O. The fraction of sp³-hybridized carbons (Fsp3) is 0.731. The van der Waals surface area contributed by atoms with E-state index in [1.165, 1.54) is 19.3 Å². The third-order valence-corrected chi connectivity index (χ3v) is 5.93. The summed E-state index contributed by atoms with van der Waals surface area (Å²) < 4.78 is 16.6. The molecular formula is C26H44N4O8. The van der Waals surface area contributed by atoms with Crippen LogP contribution in [0.1, 0.15) is 66.2 Å². The number of ether oxygens (including phenoxy) is 3. The summed E-state index contributed by atoms with van der Waals surface area (Å²) in [6.07, 6.45) is 4.91. The van der Waals surface area contributed by atoms with Crippen LogP contribution in [0.5, 0.6) is 0 Å². The van der Waals surface area contributed by atoms with Crippen molar-refractivity contribution >= 4 is 29.6 Å². The molecule has 1 atom stereocenters. The normalized spacial score (nSPS) is 14.5. The van der Waals surface area contributed by atoms with Gasteiger partial charge in [0, 0.05) is 31.7 Å². The highest BCUT2D eigenvalue weighted by molar-refractivity contribution is 6.13. The number of carbonyl (C=O) groups excluding carboxylic acids is 5. The van der Waals surface area contributed by atoms with E-state index in [2.05, 4.69) is 10.6 Å². The number of imide groups is 1. The van der Waals surface area contributed by atoms with Gasteiger partial charge in [-0.15, -0.1) is 0 Å². The smallest absolute Gasteiger partial charge is 0.328 e. The van der Waals surface area contributed by atoms with E-state index >= 15 is 0 Å². The summed E-state index contributed by atoms with van der Waals surface area (Å²) in [4.78, 5) is 60.5.